The Bertz CT molecular complexity index is 1440. The van der Waals surface area contributed by atoms with Gasteiger partial charge in [-0.1, -0.05) is 54.2 Å². The molecule has 0 bridgehead atoms. The summed E-state index contributed by atoms with van der Waals surface area (Å²) < 4.78 is 2.32. The number of hydrogen-bond acceptors (Lipinski definition) is 4. The topological polar surface area (TPSA) is 101 Å². The van der Waals surface area contributed by atoms with Crippen molar-refractivity contribution in [1.29, 1.82) is 0 Å². The number of aryl methyl sites for hydroxylation is 1. The van der Waals surface area contributed by atoms with Gasteiger partial charge in [0.2, 0.25) is 0 Å². The molecule has 0 saturated carbocycles. The van der Waals surface area contributed by atoms with E-state index in [1.807, 2.05) is 25.1 Å². The molecule has 0 spiro atoms. The van der Waals surface area contributed by atoms with E-state index in [2.05, 4.69) is 10.3 Å². The second kappa shape index (κ2) is 9.84. The number of aromatic nitrogens is 1. The fraction of sp³-hybridized carbons (Fsp3) is 0.154. The van der Waals surface area contributed by atoms with Crippen molar-refractivity contribution in [2.75, 3.05) is 5.32 Å². The van der Waals surface area contributed by atoms with Gasteiger partial charge in [-0.05, 0) is 55.8 Å². The van der Waals surface area contributed by atoms with Crippen LogP contribution in [0.1, 0.15) is 45.7 Å². The number of aliphatic carboxylic acids is 1. The number of nitrogens with one attached hydrogen (secondary N) is 1. The zero-order chi connectivity index (χ0) is 24.2. The zero-order valence-corrected chi connectivity index (χ0v) is 19.5. The first-order valence-corrected chi connectivity index (χ1v) is 11.6. The third-order valence-electron chi connectivity index (χ3n) is 5.40. The van der Waals surface area contributed by atoms with Gasteiger partial charge in [0.05, 0.1) is 10.2 Å². The van der Waals surface area contributed by atoms with Gasteiger partial charge >= 0.3 is 5.97 Å². The van der Waals surface area contributed by atoms with E-state index in [9.17, 15) is 19.5 Å². The maximum atomic E-state index is 12.8. The molecule has 1 atom stereocenters. The van der Waals surface area contributed by atoms with E-state index in [-0.39, 0.29) is 5.91 Å². The number of carbonyl (C=O) groups excluding carboxylic acids is 2. The van der Waals surface area contributed by atoms with Gasteiger partial charge < -0.3 is 15.0 Å². The van der Waals surface area contributed by atoms with Crippen molar-refractivity contribution in [2.45, 2.75) is 26.3 Å². The van der Waals surface area contributed by atoms with Gasteiger partial charge in [0.1, 0.15) is 6.04 Å². The standard InChI is InChI=1S/C26H23N3O4S/c1-3-20(25(32)33)29-21-15-19(27-23(30)17-7-5-4-6-8-17)13-14-22(21)34-26(29)28-24(31)18-11-9-16(2)10-12-18/h4-15,20H,3H2,1-2H3,(H,27,30)(H,32,33). The van der Waals surface area contributed by atoms with E-state index >= 15 is 0 Å². The molecule has 0 saturated heterocycles. The lowest BCUT2D eigenvalue weighted by Gasteiger charge is -2.14. The summed E-state index contributed by atoms with van der Waals surface area (Å²) in [6.07, 6.45) is 0.299. The number of benzene rings is 3. The number of nitrogens with zero attached hydrogens (tertiary/aromatic N) is 2. The Morgan fingerprint density at radius 2 is 1.71 bits per heavy atom. The molecule has 1 heterocycles. The predicted octanol–water partition coefficient (Wildman–Crippen LogP) is 5.04. The van der Waals surface area contributed by atoms with Crippen LogP contribution in [0.15, 0.2) is 77.8 Å². The lowest BCUT2D eigenvalue weighted by molar-refractivity contribution is -0.140. The highest BCUT2D eigenvalue weighted by molar-refractivity contribution is 7.16. The lowest BCUT2D eigenvalue weighted by atomic mass is 10.1. The van der Waals surface area contributed by atoms with Crippen molar-refractivity contribution < 1.29 is 19.5 Å². The molecule has 34 heavy (non-hydrogen) atoms. The molecule has 3 aromatic carbocycles. The molecular weight excluding hydrogens is 450 g/mol. The van der Waals surface area contributed by atoms with Crippen molar-refractivity contribution in [1.82, 2.24) is 4.57 Å². The molecule has 4 rings (SSSR count). The zero-order valence-electron chi connectivity index (χ0n) is 18.7. The molecule has 0 radical (unpaired) electrons. The summed E-state index contributed by atoms with van der Waals surface area (Å²) in [6, 6.07) is 20.2. The highest BCUT2D eigenvalue weighted by Crippen LogP contribution is 2.26. The van der Waals surface area contributed by atoms with Gasteiger partial charge in [0.25, 0.3) is 11.8 Å². The summed E-state index contributed by atoms with van der Waals surface area (Å²) in [7, 11) is 0. The van der Waals surface area contributed by atoms with E-state index in [1.54, 1.807) is 66.1 Å². The first kappa shape index (κ1) is 23.1. The number of carboxylic acids is 1. The monoisotopic (exact) mass is 473 g/mol. The fourth-order valence-electron chi connectivity index (χ4n) is 3.61. The van der Waals surface area contributed by atoms with E-state index < -0.39 is 17.9 Å². The van der Waals surface area contributed by atoms with Crippen LogP contribution in [0.3, 0.4) is 0 Å². The molecule has 1 aromatic heterocycles. The summed E-state index contributed by atoms with van der Waals surface area (Å²) in [5.74, 6) is -1.74. The number of carbonyl (C=O) groups is 3. The Kier molecular flexibility index (Phi) is 6.70. The number of thiazole rings is 1. The predicted molar refractivity (Wildman–Crippen MR) is 132 cm³/mol. The van der Waals surface area contributed by atoms with E-state index in [4.69, 9.17) is 0 Å². The minimum absolute atomic E-state index is 0.272. The van der Waals surface area contributed by atoms with Gasteiger partial charge in [-0.3, -0.25) is 9.59 Å². The van der Waals surface area contributed by atoms with Crippen LogP contribution in [0, 0.1) is 6.92 Å². The molecular formula is C26H23N3O4S. The Morgan fingerprint density at radius 3 is 2.35 bits per heavy atom. The van der Waals surface area contributed by atoms with Crippen LogP contribution in [0.5, 0.6) is 0 Å². The number of amides is 2. The fourth-order valence-corrected chi connectivity index (χ4v) is 4.65. The third-order valence-corrected chi connectivity index (χ3v) is 6.43. The van der Waals surface area contributed by atoms with Crippen molar-refractivity contribution in [2.24, 2.45) is 4.99 Å². The second-order valence-electron chi connectivity index (χ2n) is 7.80. The largest absolute Gasteiger partial charge is 0.480 e. The smallest absolute Gasteiger partial charge is 0.326 e. The average Bonchev–Trinajstić information content (AvgIpc) is 3.17. The van der Waals surface area contributed by atoms with Crippen molar-refractivity contribution >= 4 is 45.0 Å². The number of carboxylic acid groups (broad SMARTS) is 1. The van der Waals surface area contributed by atoms with Crippen LogP contribution >= 0.6 is 11.3 Å². The SMILES string of the molecule is CCC(C(=O)O)n1c(=NC(=O)c2ccc(C)cc2)sc2ccc(NC(=O)c3ccccc3)cc21. The van der Waals surface area contributed by atoms with Crippen molar-refractivity contribution in [3.8, 4) is 0 Å². The number of rotatable bonds is 6. The molecule has 172 valence electrons. The molecule has 0 aliphatic rings. The summed E-state index contributed by atoms with van der Waals surface area (Å²) in [5.41, 5.74) is 3.06. The Morgan fingerprint density at radius 1 is 1.00 bits per heavy atom. The van der Waals surface area contributed by atoms with Gasteiger partial charge in [-0.2, -0.15) is 4.99 Å². The summed E-state index contributed by atoms with van der Waals surface area (Å²) >= 11 is 1.23. The van der Waals surface area contributed by atoms with Crippen LogP contribution < -0.4 is 10.1 Å². The third kappa shape index (κ3) is 4.82. The van der Waals surface area contributed by atoms with Gasteiger partial charge in [-0.25, -0.2) is 4.79 Å². The van der Waals surface area contributed by atoms with E-state index in [0.29, 0.717) is 33.6 Å². The Labute approximate surface area is 200 Å². The molecule has 7 nitrogen and oxygen atoms in total. The lowest BCUT2D eigenvalue weighted by Crippen LogP contribution is -2.27. The van der Waals surface area contributed by atoms with E-state index in [0.717, 1.165) is 10.3 Å². The number of anilines is 1. The van der Waals surface area contributed by atoms with Crippen LogP contribution in [0.25, 0.3) is 10.2 Å². The van der Waals surface area contributed by atoms with Crippen LogP contribution in [0.4, 0.5) is 5.69 Å². The van der Waals surface area contributed by atoms with Crippen LogP contribution in [-0.4, -0.2) is 27.5 Å². The van der Waals surface area contributed by atoms with Gasteiger partial charge in [0.15, 0.2) is 4.80 Å². The first-order chi connectivity index (χ1) is 16.4. The Balaban J connectivity index is 1.81. The first-order valence-electron chi connectivity index (χ1n) is 10.8. The van der Waals surface area contributed by atoms with Crippen molar-refractivity contribution in [3.05, 3.63) is 94.3 Å². The quantitative estimate of drug-likeness (QED) is 0.410. The van der Waals surface area contributed by atoms with Gasteiger partial charge in [0, 0.05) is 16.8 Å². The molecule has 0 aliphatic carbocycles. The minimum Gasteiger partial charge on any atom is -0.480 e. The molecule has 8 heteroatoms. The Hall–Kier alpha value is -4.04. The second-order valence-corrected chi connectivity index (χ2v) is 8.81. The normalized spacial score (nSPS) is 12.5. The van der Waals surface area contributed by atoms with Crippen LogP contribution in [-0.2, 0) is 4.79 Å². The maximum absolute atomic E-state index is 12.8. The minimum atomic E-state index is -1.02. The average molecular weight is 474 g/mol. The molecule has 4 aromatic rings. The molecule has 0 aliphatic heterocycles. The molecule has 2 N–H and O–H groups in total. The summed E-state index contributed by atoms with van der Waals surface area (Å²) in [5, 5.41) is 12.7. The molecule has 2 amide bonds. The van der Waals surface area contributed by atoms with Crippen molar-refractivity contribution in [3.63, 3.8) is 0 Å². The van der Waals surface area contributed by atoms with E-state index in [1.165, 1.54) is 11.3 Å². The van der Waals surface area contributed by atoms with Crippen LogP contribution in [0.2, 0.25) is 0 Å². The summed E-state index contributed by atoms with van der Waals surface area (Å²) in [6.45, 7) is 3.69. The highest BCUT2D eigenvalue weighted by Gasteiger charge is 2.22. The maximum Gasteiger partial charge on any atom is 0.326 e. The van der Waals surface area contributed by atoms with Gasteiger partial charge in [-0.15, -0.1) is 0 Å². The molecule has 1 unspecified atom stereocenters. The highest BCUT2D eigenvalue weighted by atomic mass is 32.1. The number of hydrogen-bond donors (Lipinski definition) is 2. The number of fused-ring (bicyclic) bond motifs is 1. The molecule has 0 fully saturated rings. The summed E-state index contributed by atoms with van der Waals surface area (Å²) in [4.78, 5) is 42.0.